The van der Waals surface area contributed by atoms with Crippen molar-refractivity contribution in [3.8, 4) is 11.1 Å². The van der Waals surface area contributed by atoms with Gasteiger partial charge in [-0.1, -0.05) is 64.1 Å². The smallest absolute Gasteiger partial charge is 0.206 e. The van der Waals surface area contributed by atoms with E-state index in [2.05, 4.69) is 0 Å². The summed E-state index contributed by atoms with van der Waals surface area (Å²) in [5.41, 5.74) is -0.511. The molecule has 0 aromatic heterocycles. The van der Waals surface area contributed by atoms with Gasteiger partial charge in [0.15, 0.2) is 0 Å². The van der Waals surface area contributed by atoms with Crippen LogP contribution in [-0.2, 0) is 0 Å². The third-order valence-electron chi connectivity index (χ3n) is 2.73. The molecular formula is C13H4Cl5F3. The summed E-state index contributed by atoms with van der Waals surface area (Å²) < 4.78 is 38.9. The molecule has 112 valence electrons. The second-order valence-electron chi connectivity index (χ2n) is 3.98. The Morgan fingerprint density at radius 1 is 0.762 bits per heavy atom. The zero-order valence-corrected chi connectivity index (χ0v) is 13.6. The molecule has 0 radical (unpaired) electrons. The van der Waals surface area contributed by atoms with Crippen molar-refractivity contribution in [2.75, 3.05) is 0 Å². The van der Waals surface area contributed by atoms with Crippen molar-refractivity contribution in [1.29, 1.82) is 0 Å². The molecule has 0 spiro atoms. The van der Waals surface area contributed by atoms with Crippen LogP contribution >= 0.6 is 58.0 Å². The minimum absolute atomic E-state index is 0.0479. The van der Waals surface area contributed by atoms with Crippen LogP contribution in [0.2, 0.25) is 25.1 Å². The topological polar surface area (TPSA) is 0 Å². The number of hydrogen-bond acceptors (Lipinski definition) is 0. The van der Waals surface area contributed by atoms with E-state index in [1.54, 1.807) is 0 Å². The first-order chi connectivity index (χ1) is 9.75. The van der Waals surface area contributed by atoms with Crippen LogP contribution in [0.1, 0.15) is 12.0 Å². The second kappa shape index (κ2) is 6.43. The van der Waals surface area contributed by atoms with Gasteiger partial charge in [0.1, 0.15) is 5.82 Å². The molecule has 0 unspecified atom stereocenters. The fraction of sp³-hybridized carbons (Fsp3) is 0.0769. The standard InChI is InChI=1S/C13H4Cl5F3/c14-8-7(9(15)11(17)12(18)10(8)16)4-1-2-6(19)5(3-4)13(20)21/h1-3,13H. The zero-order chi connectivity index (χ0) is 15.9. The summed E-state index contributed by atoms with van der Waals surface area (Å²) in [4.78, 5) is 0. The lowest BCUT2D eigenvalue weighted by Gasteiger charge is -2.14. The Morgan fingerprint density at radius 3 is 1.71 bits per heavy atom. The normalized spacial score (nSPS) is 11.3. The summed E-state index contributed by atoms with van der Waals surface area (Å²) in [6, 6.07) is 3.07. The highest BCUT2D eigenvalue weighted by Gasteiger charge is 2.22. The van der Waals surface area contributed by atoms with Gasteiger partial charge in [0.05, 0.1) is 30.7 Å². The molecule has 0 heterocycles. The quantitative estimate of drug-likeness (QED) is 0.362. The minimum Gasteiger partial charge on any atom is -0.206 e. The van der Waals surface area contributed by atoms with E-state index < -0.39 is 17.8 Å². The van der Waals surface area contributed by atoms with Gasteiger partial charge in [-0.15, -0.1) is 0 Å². The van der Waals surface area contributed by atoms with E-state index >= 15 is 0 Å². The monoisotopic (exact) mass is 392 g/mol. The molecule has 0 N–H and O–H groups in total. The summed E-state index contributed by atoms with van der Waals surface area (Å²) in [5.74, 6) is -1.04. The summed E-state index contributed by atoms with van der Waals surface area (Å²) in [6.07, 6.45) is -2.99. The summed E-state index contributed by atoms with van der Waals surface area (Å²) in [6.45, 7) is 0. The van der Waals surface area contributed by atoms with Crippen LogP contribution in [0.15, 0.2) is 18.2 Å². The largest absolute Gasteiger partial charge is 0.266 e. The third kappa shape index (κ3) is 3.08. The number of alkyl halides is 2. The van der Waals surface area contributed by atoms with Crippen molar-refractivity contribution in [1.82, 2.24) is 0 Å². The molecule has 0 atom stereocenters. The first kappa shape index (κ1) is 17.0. The predicted molar refractivity (Wildman–Crippen MR) is 81.8 cm³/mol. The molecule has 2 aromatic carbocycles. The average Bonchev–Trinajstić information content (AvgIpc) is 2.44. The number of rotatable bonds is 2. The maximum atomic E-state index is 13.3. The lowest BCUT2D eigenvalue weighted by atomic mass is 10.0. The van der Waals surface area contributed by atoms with E-state index in [-0.39, 0.29) is 36.2 Å². The van der Waals surface area contributed by atoms with Gasteiger partial charge in [-0.25, -0.2) is 13.2 Å². The highest BCUT2D eigenvalue weighted by Crippen LogP contribution is 2.48. The van der Waals surface area contributed by atoms with Gasteiger partial charge in [-0.05, 0) is 17.7 Å². The Bertz CT molecular complexity index is 686. The van der Waals surface area contributed by atoms with Crippen LogP contribution in [0.4, 0.5) is 13.2 Å². The van der Waals surface area contributed by atoms with Crippen molar-refractivity contribution in [3.05, 3.63) is 54.7 Å². The Hall–Kier alpha value is -0.320. The van der Waals surface area contributed by atoms with Gasteiger partial charge in [0.2, 0.25) is 0 Å². The van der Waals surface area contributed by atoms with E-state index in [9.17, 15) is 13.2 Å². The number of halogens is 8. The maximum Gasteiger partial charge on any atom is 0.266 e. The van der Waals surface area contributed by atoms with Crippen molar-refractivity contribution >= 4 is 58.0 Å². The molecule has 0 fully saturated rings. The molecule has 2 aromatic rings. The van der Waals surface area contributed by atoms with Crippen LogP contribution in [0.3, 0.4) is 0 Å². The van der Waals surface area contributed by atoms with Crippen LogP contribution in [0, 0.1) is 5.82 Å². The molecule has 0 bridgehead atoms. The second-order valence-corrected chi connectivity index (χ2v) is 5.87. The molecule has 0 nitrogen and oxygen atoms in total. The van der Waals surface area contributed by atoms with E-state index in [1.807, 2.05) is 0 Å². The van der Waals surface area contributed by atoms with Crippen LogP contribution < -0.4 is 0 Å². The summed E-state index contributed by atoms with van der Waals surface area (Å²) >= 11 is 29.8. The molecule has 2 rings (SSSR count). The van der Waals surface area contributed by atoms with E-state index in [1.165, 1.54) is 6.07 Å². The first-order valence-electron chi connectivity index (χ1n) is 5.35. The van der Waals surface area contributed by atoms with Crippen LogP contribution in [-0.4, -0.2) is 0 Å². The van der Waals surface area contributed by atoms with E-state index in [4.69, 9.17) is 58.0 Å². The van der Waals surface area contributed by atoms with Crippen LogP contribution in [0.5, 0.6) is 0 Å². The van der Waals surface area contributed by atoms with Gasteiger partial charge >= 0.3 is 0 Å². The lowest BCUT2D eigenvalue weighted by molar-refractivity contribution is 0.146. The molecule has 0 saturated heterocycles. The summed E-state index contributed by atoms with van der Waals surface area (Å²) in [7, 11) is 0. The molecule has 0 amide bonds. The Labute approximate surface area is 143 Å². The highest BCUT2D eigenvalue weighted by molar-refractivity contribution is 6.56. The Kier molecular flexibility index (Phi) is 5.22. The van der Waals surface area contributed by atoms with Crippen molar-refractivity contribution in [2.24, 2.45) is 0 Å². The molecule has 0 aliphatic heterocycles. The predicted octanol–water partition coefficient (Wildman–Crippen LogP) is 7.70. The molecule has 0 saturated carbocycles. The number of benzene rings is 2. The SMILES string of the molecule is Fc1ccc(-c2c(Cl)c(Cl)c(Cl)c(Cl)c2Cl)cc1C(F)F. The lowest BCUT2D eigenvalue weighted by Crippen LogP contribution is -1.93. The average molecular weight is 394 g/mol. The van der Waals surface area contributed by atoms with Gasteiger partial charge in [-0.2, -0.15) is 0 Å². The zero-order valence-electron chi connectivity index (χ0n) is 9.83. The Morgan fingerprint density at radius 2 is 1.24 bits per heavy atom. The molecule has 0 aliphatic rings. The summed E-state index contributed by atoms with van der Waals surface area (Å²) in [5, 5.41) is -0.282. The molecule has 21 heavy (non-hydrogen) atoms. The highest BCUT2D eigenvalue weighted by atomic mass is 35.5. The van der Waals surface area contributed by atoms with Crippen molar-refractivity contribution < 1.29 is 13.2 Å². The van der Waals surface area contributed by atoms with Gasteiger partial charge in [-0.3, -0.25) is 0 Å². The third-order valence-corrected chi connectivity index (χ3v) is 5.01. The molecule has 0 aliphatic carbocycles. The molecule has 8 heteroatoms. The van der Waals surface area contributed by atoms with Crippen molar-refractivity contribution in [3.63, 3.8) is 0 Å². The molecular weight excluding hydrogens is 390 g/mol. The van der Waals surface area contributed by atoms with E-state index in [0.717, 1.165) is 12.1 Å². The number of hydrogen-bond donors (Lipinski definition) is 0. The van der Waals surface area contributed by atoms with Gasteiger partial charge in [0.25, 0.3) is 6.43 Å². The van der Waals surface area contributed by atoms with E-state index in [0.29, 0.717) is 0 Å². The van der Waals surface area contributed by atoms with Gasteiger partial charge < -0.3 is 0 Å². The van der Waals surface area contributed by atoms with Gasteiger partial charge in [0, 0.05) is 5.56 Å². The first-order valence-corrected chi connectivity index (χ1v) is 7.24. The Balaban J connectivity index is 2.77. The fourth-order valence-corrected chi connectivity index (χ4v) is 3.08. The van der Waals surface area contributed by atoms with Crippen LogP contribution in [0.25, 0.3) is 11.1 Å². The fourth-order valence-electron chi connectivity index (χ4n) is 1.72. The van der Waals surface area contributed by atoms with Crippen molar-refractivity contribution in [2.45, 2.75) is 6.43 Å². The maximum absolute atomic E-state index is 13.3. The minimum atomic E-state index is -2.99.